The number of rotatable bonds is 2. The van der Waals surface area contributed by atoms with Crippen LogP contribution in [0.3, 0.4) is 0 Å². The van der Waals surface area contributed by atoms with Gasteiger partial charge in [0.2, 0.25) is 0 Å². The van der Waals surface area contributed by atoms with Gasteiger partial charge < -0.3 is 0 Å². The van der Waals surface area contributed by atoms with Crippen LogP contribution in [0.2, 0.25) is 0 Å². The zero-order valence-electron chi connectivity index (χ0n) is 7.09. The fraction of sp³-hybridized carbons (Fsp3) is 0.100. The van der Waals surface area contributed by atoms with E-state index in [1.807, 2.05) is 18.2 Å². The van der Waals surface area contributed by atoms with Crippen LogP contribution in [0.4, 0.5) is 0 Å². The van der Waals surface area contributed by atoms with E-state index in [1.165, 1.54) is 0 Å². The van der Waals surface area contributed by atoms with Gasteiger partial charge in [0.25, 0.3) is 0 Å². The number of hydrogen-bond acceptors (Lipinski definition) is 2. The van der Waals surface area contributed by atoms with Crippen molar-refractivity contribution >= 4 is 55.2 Å². The average Bonchev–Trinajstić information content (AvgIpc) is 2.54. The van der Waals surface area contributed by atoms with E-state index in [0.29, 0.717) is 11.4 Å². The predicted octanol–water partition coefficient (Wildman–Crippen LogP) is 4.22. The monoisotopic (exact) mass is 288 g/mol. The summed E-state index contributed by atoms with van der Waals surface area (Å²) in [7, 11) is 0. The van der Waals surface area contributed by atoms with E-state index in [-0.39, 0.29) is 0 Å². The summed E-state index contributed by atoms with van der Waals surface area (Å²) >= 11 is 10.8. The van der Waals surface area contributed by atoms with Crippen molar-refractivity contribution in [3.63, 3.8) is 0 Å². The Morgan fingerprint density at radius 1 is 1.43 bits per heavy atom. The van der Waals surface area contributed by atoms with E-state index < -0.39 is 0 Å². The Morgan fingerprint density at radius 3 is 2.86 bits per heavy atom. The van der Waals surface area contributed by atoms with Crippen LogP contribution in [0, 0.1) is 0 Å². The van der Waals surface area contributed by atoms with E-state index in [0.717, 1.165) is 25.7 Å². The molecule has 1 aromatic carbocycles. The molecule has 1 nitrogen and oxygen atoms in total. The highest BCUT2D eigenvalue weighted by atomic mass is 79.9. The maximum Gasteiger partial charge on any atom is 0.150 e. The lowest BCUT2D eigenvalue weighted by atomic mass is 10.1. The molecule has 0 fully saturated rings. The number of halogens is 2. The summed E-state index contributed by atoms with van der Waals surface area (Å²) in [6.45, 7) is 0. The van der Waals surface area contributed by atoms with Gasteiger partial charge in [-0.15, -0.1) is 22.9 Å². The first-order chi connectivity index (χ1) is 6.74. The number of carbonyl (C=O) groups is 1. The lowest BCUT2D eigenvalue weighted by Gasteiger charge is -1.99. The molecule has 2 rings (SSSR count). The van der Waals surface area contributed by atoms with Crippen LogP contribution in [0.1, 0.15) is 15.9 Å². The zero-order chi connectivity index (χ0) is 10.1. The molecule has 14 heavy (non-hydrogen) atoms. The Bertz CT molecular complexity index is 492. The van der Waals surface area contributed by atoms with Crippen LogP contribution in [-0.4, -0.2) is 6.29 Å². The molecule has 0 atom stereocenters. The maximum atomic E-state index is 10.8. The van der Waals surface area contributed by atoms with E-state index in [4.69, 9.17) is 11.6 Å². The first-order valence-corrected chi connectivity index (χ1v) is 6.12. The lowest BCUT2D eigenvalue weighted by Crippen LogP contribution is -1.87. The number of alkyl halides is 1. The first-order valence-electron chi connectivity index (χ1n) is 3.97. The minimum absolute atomic E-state index is 0.375. The summed E-state index contributed by atoms with van der Waals surface area (Å²) in [5.74, 6) is 0.375. The van der Waals surface area contributed by atoms with Crippen molar-refractivity contribution in [2.45, 2.75) is 5.88 Å². The third-order valence-corrected chi connectivity index (χ3v) is 3.91. The molecule has 0 N–H and O–H groups in total. The average molecular weight is 290 g/mol. The fourth-order valence-electron chi connectivity index (χ4n) is 1.34. The van der Waals surface area contributed by atoms with Crippen LogP contribution in [-0.2, 0) is 5.88 Å². The van der Waals surface area contributed by atoms with Gasteiger partial charge in [-0.3, -0.25) is 4.79 Å². The number of aldehydes is 1. The predicted molar refractivity (Wildman–Crippen MR) is 64.5 cm³/mol. The van der Waals surface area contributed by atoms with Crippen molar-refractivity contribution < 1.29 is 4.79 Å². The molecular formula is C10H6BrClOS. The van der Waals surface area contributed by atoms with Crippen LogP contribution < -0.4 is 0 Å². The molecule has 0 saturated heterocycles. The molecule has 0 unspecified atom stereocenters. The molecule has 1 aromatic heterocycles. The Morgan fingerprint density at radius 2 is 2.21 bits per heavy atom. The number of carbonyl (C=O) groups excluding carboxylic acids is 1. The molecule has 0 bridgehead atoms. The molecule has 0 aliphatic carbocycles. The molecule has 4 heteroatoms. The second-order valence-electron chi connectivity index (χ2n) is 2.89. The summed E-state index contributed by atoms with van der Waals surface area (Å²) in [6, 6.07) is 5.85. The normalized spacial score (nSPS) is 10.7. The van der Waals surface area contributed by atoms with Crippen LogP contribution in [0.25, 0.3) is 10.1 Å². The number of benzene rings is 1. The lowest BCUT2D eigenvalue weighted by molar-refractivity contribution is 0.112. The van der Waals surface area contributed by atoms with Crippen molar-refractivity contribution in [2.24, 2.45) is 0 Å². The van der Waals surface area contributed by atoms with Gasteiger partial charge in [-0.25, -0.2) is 0 Å². The molecule has 2 aromatic rings. The number of fused-ring (bicyclic) bond motifs is 1. The van der Waals surface area contributed by atoms with Crippen molar-refractivity contribution in [1.82, 2.24) is 0 Å². The summed E-state index contributed by atoms with van der Waals surface area (Å²) in [5.41, 5.74) is 1.57. The van der Waals surface area contributed by atoms with Crippen LogP contribution in [0.5, 0.6) is 0 Å². The third-order valence-electron chi connectivity index (χ3n) is 2.02. The molecule has 0 spiro atoms. The van der Waals surface area contributed by atoms with Crippen LogP contribution >= 0.6 is 38.9 Å². The summed E-state index contributed by atoms with van der Waals surface area (Å²) in [5, 5.41) is 1.08. The molecule has 0 aliphatic heterocycles. The molecule has 0 aliphatic rings. The van der Waals surface area contributed by atoms with Gasteiger partial charge in [0.15, 0.2) is 0 Å². The zero-order valence-corrected chi connectivity index (χ0v) is 10.2. The highest BCUT2D eigenvalue weighted by Gasteiger charge is 2.05. The van der Waals surface area contributed by atoms with Crippen molar-refractivity contribution in [3.8, 4) is 0 Å². The Hall–Kier alpha value is -0.380. The van der Waals surface area contributed by atoms with Crippen molar-refractivity contribution in [1.29, 1.82) is 0 Å². The minimum Gasteiger partial charge on any atom is -0.298 e. The SMILES string of the molecule is O=Cc1cc2cc(Br)sc2cc1CCl. The topological polar surface area (TPSA) is 17.1 Å². The maximum absolute atomic E-state index is 10.8. The van der Waals surface area contributed by atoms with E-state index >= 15 is 0 Å². The molecule has 0 saturated carbocycles. The van der Waals surface area contributed by atoms with E-state index in [9.17, 15) is 4.79 Å². The molecule has 1 heterocycles. The second kappa shape index (κ2) is 4.01. The summed E-state index contributed by atoms with van der Waals surface area (Å²) in [4.78, 5) is 10.8. The molecule has 0 radical (unpaired) electrons. The summed E-state index contributed by atoms with van der Waals surface area (Å²) < 4.78 is 2.22. The first kappa shape index (κ1) is 10.1. The van der Waals surface area contributed by atoms with E-state index in [2.05, 4.69) is 15.9 Å². The Kier molecular flexibility index (Phi) is 2.91. The smallest absolute Gasteiger partial charge is 0.150 e. The molecule has 0 amide bonds. The number of thiophene rings is 1. The van der Waals surface area contributed by atoms with Crippen molar-refractivity contribution in [3.05, 3.63) is 33.1 Å². The highest BCUT2D eigenvalue weighted by Crippen LogP contribution is 2.31. The largest absolute Gasteiger partial charge is 0.298 e. The quantitative estimate of drug-likeness (QED) is 0.598. The van der Waals surface area contributed by atoms with Crippen LogP contribution in [0.15, 0.2) is 22.0 Å². The van der Waals surface area contributed by atoms with Gasteiger partial charge >= 0.3 is 0 Å². The fourth-order valence-corrected chi connectivity index (χ4v) is 3.17. The van der Waals surface area contributed by atoms with Crippen molar-refractivity contribution in [2.75, 3.05) is 0 Å². The van der Waals surface area contributed by atoms with Gasteiger partial charge in [-0.05, 0) is 45.1 Å². The molecule has 72 valence electrons. The van der Waals surface area contributed by atoms with Gasteiger partial charge in [0.05, 0.1) is 3.79 Å². The Labute approximate surface area is 98.8 Å². The standard InChI is InChI=1S/C10H6BrClOS/c11-10-3-6-1-8(5-13)7(4-12)2-9(6)14-10/h1-3,5H,4H2. The number of hydrogen-bond donors (Lipinski definition) is 0. The minimum atomic E-state index is 0.375. The third kappa shape index (κ3) is 1.72. The van der Waals surface area contributed by atoms with Gasteiger partial charge in [0, 0.05) is 16.1 Å². The molecular weight excluding hydrogens is 284 g/mol. The van der Waals surface area contributed by atoms with Gasteiger partial charge in [0.1, 0.15) is 6.29 Å². The van der Waals surface area contributed by atoms with E-state index in [1.54, 1.807) is 11.3 Å². The second-order valence-corrected chi connectivity index (χ2v) is 5.62. The highest BCUT2D eigenvalue weighted by molar-refractivity contribution is 9.11. The summed E-state index contributed by atoms with van der Waals surface area (Å²) in [6.07, 6.45) is 0.850. The Balaban J connectivity index is 2.74. The van der Waals surface area contributed by atoms with Gasteiger partial charge in [-0.2, -0.15) is 0 Å². The van der Waals surface area contributed by atoms with Gasteiger partial charge in [-0.1, -0.05) is 0 Å².